The highest BCUT2D eigenvalue weighted by atomic mass is 16.5. The number of ether oxygens (including phenoxy) is 1. The van der Waals surface area contributed by atoms with E-state index in [0.29, 0.717) is 0 Å². The molecule has 2 nitrogen and oxygen atoms in total. The van der Waals surface area contributed by atoms with Crippen LogP contribution in [-0.2, 0) is 4.74 Å². The van der Waals surface area contributed by atoms with Gasteiger partial charge in [0.2, 0.25) is 0 Å². The Kier molecular flexibility index (Phi) is 5.30. The Balaban J connectivity index is 1.85. The van der Waals surface area contributed by atoms with E-state index in [2.05, 4.69) is 19.2 Å². The zero-order chi connectivity index (χ0) is 12.1. The number of nitrogens with one attached hydrogen (secondary N) is 1. The van der Waals surface area contributed by atoms with Crippen LogP contribution in [0.3, 0.4) is 0 Å². The highest BCUT2D eigenvalue weighted by Gasteiger charge is 2.29. The lowest BCUT2D eigenvalue weighted by atomic mass is 9.76. The van der Waals surface area contributed by atoms with Gasteiger partial charge in [-0.25, -0.2) is 0 Å². The molecule has 0 spiro atoms. The molecule has 2 aliphatic rings. The van der Waals surface area contributed by atoms with Gasteiger partial charge in [-0.3, -0.25) is 0 Å². The first-order chi connectivity index (χ1) is 8.29. The normalized spacial score (nSPS) is 36.0. The molecule has 0 aromatic rings. The summed E-state index contributed by atoms with van der Waals surface area (Å²) in [6.45, 7) is 7.77. The molecule has 0 amide bonds. The van der Waals surface area contributed by atoms with E-state index in [1.165, 1.54) is 38.5 Å². The Morgan fingerprint density at radius 1 is 1.29 bits per heavy atom. The number of rotatable bonds is 5. The predicted molar refractivity (Wildman–Crippen MR) is 72.1 cm³/mol. The van der Waals surface area contributed by atoms with Gasteiger partial charge in [0.15, 0.2) is 0 Å². The van der Waals surface area contributed by atoms with E-state index in [4.69, 9.17) is 4.74 Å². The van der Waals surface area contributed by atoms with Crippen molar-refractivity contribution >= 4 is 0 Å². The zero-order valence-electron chi connectivity index (χ0n) is 11.6. The van der Waals surface area contributed by atoms with E-state index >= 15 is 0 Å². The van der Waals surface area contributed by atoms with Crippen molar-refractivity contribution in [3.8, 4) is 0 Å². The Morgan fingerprint density at radius 3 is 2.82 bits per heavy atom. The minimum absolute atomic E-state index is 0.745. The summed E-state index contributed by atoms with van der Waals surface area (Å²) in [7, 11) is 0. The summed E-state index contributed by atoms with van der Waals surface area (Å²) < 4.78 is 5.52. The molecule has 4 unspecified atom stereocenters. The SMILES string of the molecule is CCNC(CC1CCOC1)C1CCCC(C)C1. The van der Waals surface area contributed by atoms with Crippen molar-refractivity contribution in [1.82, 2.24) is 5.32 Å². The third-order valence-electron chi connectivity index (χ3n) is 4.62. The summed E-state index contributed by atoms with van der Waals surface area (Å²) in [6.07, 6.45) is 8.38. The molecule has 1 heterocycles. The Morgan fingerprint density at radius 2 is 2.18 bits per heavy atom. The Bertz CT molecular complexity index is 213. The molecule has 1 aliphatic carbocycles. The van der Waals surface area contributed by atoms with E-state index in [9.17, 15) is 0 Å². The van der Waals surface area contributed by atoms with Gasteiger partial charge in [-0.1, -0.05) is 26.7 Å². The molecule has 2 heteroatoms. The van der Waals surface area contributed by atoms with E-state index in [-0.39, 0.29) is 0 Å². The first-order valence-electron chi connectivity index (χ1n) is 7.60. The van der Waals surface area contributed by atoms with E-state index in [1.54, 1.807) is 0 Å². The number of hydrogen-bond acceptors (Lipinski definition) is 2. The summed E-state index contributed by atoms with van der Waals surface area (Å²) >= 11 is 0. The van der Waals surface area contributed by atoms with Crippen LogP contribution in [0.1, 0.15) is 52.4 Å². The minimum atomic E-state index is 0.745. The molecule has 2 rings (SSSR count). The van der Waals surface area contributed by atoms with Gasteiger partial charge in [0.25, 0.3) is 0 Å². The topological polar surface area (TPSA) is 21.3 Å². The lowest BCUT2D eigenvalue weighted by Gasteiger charge is -2.35. The third kappa shape index (κ3) is 3.96. The summed E-state index contributed by atoms with van der Waals surface area (Å²) in [5.41, 5.74) is 0. The van der Waals surface area contributed by atoms with Crippen molar-refractivity contribution in [3.05, 3.63) is 0 Å². The van der Waals surface area contributed by atoms with Crippen LogP contribution in [0.2, 0.25) is 0 Å². The molecule has 1 saturated carbocycles. The molecule has 0 bridgehead atoms. The van der Waals surface area contributed by atoms with Crippen molar-refractivity contribution < 1.29 is 4.74 Å². The highest BCUT2D eigenvalue weighted by Crippen LogP contribution is 2.33. The van der Waals surface area contributed by atoms with Crippen molar-refractivity contribution in [2.75, 3.05) is 19.8 Å². The van der Waals surface area contributed by atoms with Crippen molar-refractivity contribution in [2.45, 2.75) is 58.4 Å². The second-order valence-corrected chi connectivity index (χ2v) is 6.16. The summed E-state index contributed by atoms with van der Waals surface area (Å²) in [6, 6.07) is 0.745. The van der Waals surface area contributed by atoms with Crippen molar-refractivity contribution in [3.63, 3.8) is 0 Å². The molecule has 2 fully saturated rings. The van der Waals surface area contributed by atoms with Crippen molar-refractivity contribution in [2.24, 2.45) is 17.8 Å². The van der Waals surface area contributed by atoms with Crippen LogP contribution in [0, 0.1) is 17.8 Å². The molecule has 0 aromatic carbocycles. The largest absolute Gasteiger partial charge is 0.381 e. The molecule has 1 saturated heterocycles. The van der Waals surface area contributed by atoms with Crippen LogP contribution < -0.4 is 5.32 Å². The van der Waals surface area contributed by atoms with Gasteiger partial charge in [-0.15, -0.1) is 0 Å². The maximum absolute atomic E-state index is 5.52. The fourth-order valence-electron chi connectivity index (χ4n) is 3.68. The average molecular weight is 239 g/mol. The molecule has 4 atom stereocenters. The molecule has 100 valence electrons. The summed E-state index contributed by atoms with van der Waals surface area (Å²) in [5.74, 6) is 2.67. The van der Waals surface area contributed by atoms with Gasteiger partial charge in [-0.05, 0) is 50.0 Å². The highest BCUT2D eigenvalue weighted by molar-refractivity contribution is 4.84. The molecule has 0 aromatic heterocycles. The fourth-order valence-corrected chi connectivity index (χ4v) is 3.68. The van der Waals surface area contributed by atoms with Gasteiger partial charge in [0, 0.05) is 19.3 Å². The monoisotopic (exact) mass is 239 g/mol. The second-order valence-electron chi connectivity index (χ2n) is 6.16. The first kappa shape index (κ1) is 13.4. The Hall–Kier alpha value is -0.0800. The second kappa shape index (κ2) is 6.75. The van der Waals surface area contributed by atoms with E-state index in [0.717, 1.165) is 43.6 Å². The van der Waals surface area contributed by atoms with Crippen LogP contribution in [0.5, 0.6) is 0 Å². The van der Waals surface area contributed by atoms with Gasteiger partial charge in [0.1, 0.15) is 0 Å². The van der Waals surface area contributed by atoms with Crippen LogP contribution in [0.4, 0.5) is 0 Å². The quantitative estimate of drug-likeness (QED) is 0.795. The smallest absolute Gasteiger partial charge is 0.0495 e. The first-order valence-corrected chi connectivity index (χ1v) is 7.60. The lowest BCUT2D eigenvalue weighted by Crippen LogP contribution is -2.39. The van der Waals surface area contributed by atoms with Gasteiger partial charge < -0.3 is 10.1 Å². The maximum atomic E-state index is 5.52. The van der Waals surface area contributed by atoms with Gasteiger partial charge >= 0.3 is 0 Å². The predicted octanol–water partition coefficient (Wildman–Crippen LogP) is 3.22. The van der Waals surface area contributed by atoms with Gasteiger partial charge in [0.05, 0.1) is 0 Å². The lowest BCUT2D eigenvalue weighted by molar-refractivity contribution is 0.166. The van der Waals surface area contributed by atoms with Crippen LogP contribution in [-0.4, -0.2) is 25.8 Å². The Labute approximate surface area is 107 Å². The zero-order valence-corrected chi connectivity index (χ0v) is 11.6. The van der Waals surface area contributed by atoms with Crippen LogP contribution in [0.15, 0.2) is 0 Å². The maximum Gasteiger partial charge on any atom is 0.0495 e. The van der Waals surface area contributed by atoms with E-state index in [1.807, 2.05) is 0 Å². The van der Waals surface area contributed by atoms with Crippen LogP contribution in [0.25, 0.3) is 0 Å². The summed E-state index contributed by atoms with van der Waals surface area (Å²) in [4.78, 5) is 0. The molecule has 17 heavy (non-hydrogen) atoms. The standard InChI is InChI=1S/C15H29NO/c1-3-16-15(10-13-7-8-17-11-13)14-6-4-5-12(2)9-14/h12-16H,3-11H2,1-2H3. The van der Waals surface area contributed by atoms with E-state index < -0.39 is 0 Å². The third-order valence-corrected chi connectivity index (χ3v) is 4.62. The minimum Gasteiger partial charge on any atom is -0.381 e. The molecular weight excluding hydrogens is 210 g/mol. The molecular formula is C15H29NO. The summed E-state index contributed by atoms with van der Waals surface area (Å²) in [5, 5.41) is 3.74. The molecule has 0 radical (unpaired) electrons. The number of hydrogen-bond donors (Lipinski definition) is 1. The van der Waals surface area contributed by atoms with Crippen LogP contribution >= 0.6 is 0 Å². The average Bonchev–Trinajstić information content (AvgIpc) is 2.81. The molecule has 1 N–H and O–H groups in total. The van der Waals surface area contributed by atoms with Crippen molar-refractivity contribution in [1.29, 1.82) is 0 Å². The van der Waals surface area contributed by atoms with Gasteiger partial charge in [-0.2, -0.15) is 0 Å². The fraction of sp³-hybridized carbons (Fsp3) is 1.00. The molecule has 1 aliphatic heterocycles.